The Balaban J connectivity index is 2.08. The third kappa shape index (κ3) is 11.0. The number of ketones is 1. The molecule has 0 aromatic heterocycles. The van der Waals surface area contributed by atoms with Gasteiger partial charge in [-0.15, -0.1) is 12.3 Å². The van der Waals surface area contributed by atoms with E-state index in [-0.39, 0.29) is 18.8 Å². The first kappa shape index (κ1) is 39.1. The van der Waals surface area contributed by atoms with Crippen LogP contribution in [0.2, 0.25) is 0 Å². The average Bonchev–Trinajstić information content (AvgIpc) is 3.00. The molecule has 2 fully saturated rings. The molecular weight excluding hydrogens is 620 g/mol. The van der Waals surface area contributed by atoms with Crippen molar-refractivity contribution in [1.82, 2.24) is 10.6 Å². The maximum atomic E-state index is 12.6. The van der Waals surface area contributed by atoms with E-state index in [9.17, 15) is 39.6 Å². The summed E-state index contributed by atoms with van der Waals surface area (Å²) in [7, 11) is 2.48. The van der Waals surface area contributed by atoms with Crippen molar-refractivity contribution >= 4 is 23.9 Å². The van der Waals surface area contributed by atoms with E-state index < -0.39 is 98.3 Å². The number of rotatable bonds is 16. The van der Waals surface area contributed by atoms with E-state index in [4.69, 9.17) is 44.7 Å². The highest BCUT2D eigenvalue weighted by molar-refractivity contribution is 5.87. The molecule has 2 aliphatic rings. The molecular formula is C28H44N2O16. The number of aliphatic carboxylic acids is 1. The van der Waals surface area contributed by atoms with Crippen LogP contribution in [0.15, 0.2) is 0 Å². The number of hydrogen-bond acceptors (Lipinski definition) is 15. The number of aliphatic hydroxyl groups excluding tert-OH is 4. The van der Waals surface area contributed by atoms with Crippen LogP contribution in [-0.2, 0) is 42.7 Å². The summed E-state index contributed by atoms with van der Waals surface area (Å²) in [6, 6.07) is -2.28. The Labute approximate surface area is 265 Å². The third-order valence-electron chi connectivity index (χ3n) is 7.27. The molecule has 0 bridgehead atoms. The monoisotopic (exact) mass is 664 g/mol. The highest BCUT2D eigenvalue weighted by Gasteiger charge is 2.50. The van der Waals surface area contributed by atoms with E-state index >= 15 is 0 Å². The predicted molar refractivity (Wildman–Crippen MR) is 152 cm³/mol. The summed E-state index contributed by atoms with van der Waals surface area (Å²) in [6.45, 7) is 1.81. The number of methoxy groups -OCH3 is 2. The van der Waals surface area contributed by atoms with Gasteiger partial charge in [0.2, 0.25) is 0 Å². The van der Waals surface area contributed by atoms with Crippen molar-refractivity contribution in [3.8, 4) is 12.3 Å². The lowest BCUT2D eigenvalue weighted by Gasteiger charge is -2.44. The first-order valence-corrected chi connectivity index (χ1v) is 14.5. The highest BCUT2D eigenvalue weighted by Crippen LogP contribution is 2.28. The zero-order chi connectivity index (χ0) is 34.6. The molecule has 4 unspecified atom stereocenters. The molecule has 0 aromatic carbocycles. The second kappa shape index (κ2) is 18.9. The Morgan fingerprint density at radius 1 is 0.804 bits per heavy atom. The molecule has 18 heteroatoms. The Hall–Kier alpha value is -3.12. The number of nitrogens with one attached hydrogen (secondary N) is 2. The summed E-state index contributed by atoms with van der Waals surface area (Å²) in [5, 5.41) is 56.4. The lowest BCUT2D eigenvalue weighted by atomic mass is 9.98. The van der Waals surface area contributed by atoms with E-state index in [0.717, 1.165) is 0 Å². The van der Waals surface area contributed by atoms with Gasteiger partial charge in [0.25, 0.3) is 0 Å². The fraction of sp³-hybridized carbons (Fsp3) is 0.786. The smallest absolute Gasteiger partial charge is 0.408 e. The van der Waals surface area contributed by atoms with Crippen LogP contribution in [-0.4, -0.2) is 150 Å². The van der Waals surface area contributed by atoms with Gasteiger partial charge >= 0.3 is 18.2 Å². The molecule has 262 valence electrons. The number of aliphatic hydroxyl groups is 4. The minimum atomic E-state index is -1.83. The van der Waals surface area contributed by atoms with Crippen molar-refractivity contribution < 1.29 is 77.9 Å². The highest BCUT2D eigenvalue weighted by atomic mass is 16.7. The molecule has 0 aromatic rings. The number of unbranched alkanes of at least 4 members (excludes halogenated alkanes) is 2. The van der Waals surface area contributed by atoms with Gasteiger partial charge in [-0.1, -0.05) is 0 Å². The zero-order valence-electron chi connectivity index (χ0n) is 26.0. The van der Waals surface area contributed by atoms with Crippen molar-refractivity contribution in [2.75, 3.05) is 27.4 Å². The molecule has 7 N–H and O–H groups in total. The van der Waals surface area contributed by atoms with Gasteiger partial charge in [0, 0.05) is 27.1 Å². The third-order valence-corrected chi connectivity index (χ3v) is 7.27. The van der Waals surface area contributed by atoms with Crippen LogP contribution in [0.5, 0.6) is 0 Å². The first-order chi connectivity index (χ1) is 21.7. The zero-order valence-corrected chi connectivity index (χ0v) is 26.0. The molecule has 2 heterocycles. The molecule has 12 atom stereocenters. The van der Waals surface area contributed by atoms with Crippen LogP contribution in [0, 0.1) is 12.3 Å². The number of amides is 2. The first-order valence-electron chi connectivity index (χ1n) is 14.5. The summed E-state index contributed by atoms with van der Waals surface area (Å²) in [6.07, 6.45) is -11.0. The molecule has 0 spiro atoms. The fourth-order valence-electron chi connectivity index (χ4n) is 4.60. The molecule has 2 saturated heterocycles. The Kier molecular flexibility index (Phi) is 16.0. The summed E-state index contributed by atoms with van der Waals surface area (Å²) < 4.78 is 37.2. The number of ether oxygens (including phenoxy) is 7. The summed E-state index contributed by atoms with van der Waals surface area (Å²) >= 11 is 0. The maximum Gasteiger partial charge on any atom is 0.408 e. The molecule has 2 amide bonds. The average molecular weight is 665 g/mol. The van der Waals surface area contributed by atoms with Gasteiger partial charge in [0.15, 0.2) is 30.6 Å². The van der Waals surface area contributed by atoms with Crippen LogP contribution in [0.1, 0.15) is 39.5 Å². The quantitative estimate of drug-likeness (QED) is 0.0695. The van der Waals surface area contributed by atoms with Crippen molar-refractivity contribution in [2.24, 2.45) is 0 Å². The molecule has 2 aliphatic heterocycles. The van der Waals surface area contributed by atoms with Gasteiger partial charge in [-0.05, 0) is 26.7 Å². The van der Waals surface area contributed by atoms with Crippen LogP contribution in [0.25, 0.3) is 0 Å². The van der Waals surface area contributed by atoms with Crippen molar-refractivity contribution in [3.05, 3.63) is 0 Å². The van der Waals surface area contributed by atoms with Crippen LogP contribution in [0.4, 0.5) is 9.59 Å². The van der Waals surface area contributed by atoms with Gasteiger partial charge < -0.3 is 69.3 Å². The lowest BCUT2D eigenvalue weighted by Crippen LogP contribution is -2.63. The van der Waals surface area contributed by atoms with Crippen molar-refractivity contribution in [3.63, 3.8) is 0 Å². The summed E-state index contributed by atoms with van der Waals surface area (Å²) in [5.74, 6) is 0.842. The molecule has 0 radical (unpaired) electrons. The van der Waals surface area contributed by atoms with E-state index in [1.807, 2.05) is 5.32 Å². The van der Waals surface area contributed by atoms with Gasteiger partial charge in [0.1, 0.15) is 42.7 Å². The van der Waals surface area contributed by atoms with Gasteiger partial charge in [-0.2, -0.15) is 0 Å². The Bertz CT molecular complexity index is 1060. The van der Waals surface area contributed by atoms with E-state index in [2.05, 4.69) is 11.2 Å². The largest absolute Gasteiger partial charge is 0.480 e. The van der Waals surface area contributed by atoms with Gasteiger partial charge in [-0.3, -0.25) is 9.59 Å². The summed E-state index contributed by atoms with van der Waals surface area (Å²) in [4.78, 5) is 48.2. The number of alkyl carbamates (subject to hydrolysis) is 2. The normalized spacial score (nSPS) is 32.3. The molecule has 18 nitrogen and oxygen atoms in total. The van der Waals surface area contributed by atoms with Crippen molar-refractivity contribution in [2.45, 2.75) is 113 Å². The molecule has 2 rings (SSSR count). The van der Waals surface area contributed by atoms with Crippen LogP contribution < -0.4 is 10.6 Å². The topological polar surface area (TPSA) is 258 Å². The Morgan fingerprint density at radius 2 is 1.33 bits per heavy atom. The van der Waals surface area contributed by atoms with E-state index in [0.29, 0.717) is 19.3 Å². The van der Waals surface area contributed by atoms with Crippen molar-refractivity contribution in [1.29, 1.82) is 0 Å². The molecule has 0 saturated carbocycles. The number of terminal acetylenes is 1. The number of carbonyl (C=O) groups is 4. The van der Waals surface area contributed by atoms with Gasteiger partial charge in [-0.25, -0.2) is 9.59 Å². The van der Waals surface area contributed by atoms with Gasteiger partial charge in [0.05, 0.1) is 19.3 Å². The van der Waals surface area contributed by atoms with E-state index in [1.165, 1.54) is 28.1 Å². The number of carboxylic acids is 1. The van der Waals surface area contributed by atoms with E-state index in [1.54, 1.807) is 0 Å². The number of carbonyl (C=O) groups excluding carboxylic acids is 3. The second-order valence-electron chi connectivity index (χ2n) is 10.8. The second-order valence-corrected chi connectivity index (χ2v) is 10.8. The molecule has 46 heavy (non-hydrogen) atoms. The number of Topliss-reactive ketones (excluding diaryl/α,β-unsaturated/α-hetero) is 1. The summed E-state index contributed by atoms with van der Waals surface area (Å²) in [5.41, 5.74) is 0. The van der Waals surface area contributed by atoms with Crippen LogP contribution >= 0.6 is 0 Å². The standard InChI is InChI=1S/C28H44N2O16/c1-6-7-8-9-10-15(31)13(2)29-27(38)45-22-19(33)17(43-25(41-5)20(22)34)12-42-26-21(35)23(18(32)16(44-26)11-40-4)46-28(39)30-14(3)24(36)37/h1,13-14,16-23,25-26,32-35H,7-12H2,2-5H3,(H,29,38)(H,30,39)(H,36,37)/t13-,14-,16?,17?,18+,19+,20?,21?,22-,23-,25-,26+/m0/s1. The predicted octanol–water partition coefficient (Wildman–Crippen LogP) is -2.00. The Morgan fingerprint density at radius 3 is 1.85 bits per heavy atom. The molecule has 0 aliphatic carbocycles. The maximum absolute atomic E-state index is 12.6. The number of carboxylic acid groups (broad SMARTS) is 1. The lowest BCUT2D eigenvalue weighted by molar-refractivity contribution is -0.328. The minimum Gasteiger partial charge on any atom is -0.480 e. The fourth-order valence-corrected chi connectivity index (χ4v) is 4.60. The van der Waals surface area contributed by atoms with Crippen LogP contribution in [0.3, 0.4) is 0 Å². The minimum absolute atomic E-state index is 0.173. The SMILES string of the molecule is C#CCCCCC(=O)[C@H](C)NC(=O)O[C@@H]1C(O)[C@@H](OC)OC(CO[C@@H]2OC(COC)[C@@H](O)[C@H](OC(=O)N[C@@H](C)C(=O)O)C2O)[C@H]1O. The number of hydrogen-bond donors (Lipinski definition) is 7.